The van der Waals surface area contributed by atoms with Crippen molar-refractivity contribution in [3.05, 3.63) is 35.4 Å². The van der Waals surface area contributed by atoms with Crippen LogP contribution in [0.15, 0.2) is 32.0 Å². The quantitative estimate of drug-likeness (QED) is 0.441. The van der Waals surface area contributed by atoms with Crippen LogP contribution in [0.4, 0.5) is 11.8 Å². The summed E-state index contributed by atoms with van der Waals surface area (Å²) in [6, 6.07) is 6.11. The van der Waals surface area contributed by atoms with Crippen molar-refractivity contribution in [1.29, 1.82) is 0 Å². The summed E-state index contributed by atoms with van der Waals surface area (Å²) in [4.78, 5) is 30.8. The maximum Gasteiger partial charge on any atom is 0.299 e. The van der Waals surface area contributed by atoms with Gasteiger partial charge in [0.15, 0.2) is 17.3 Å². The lowest BCUT2D eigenvalue weighted by molar-refractivity contribution is 0.0745. The molecule has 0 bridgehead atoms. The number of benzene rings is 1. The summed E-state index contributed by atoms with van der Waals surface area (Å²) in [6.07, 6.45) is 2.84. The predicted octanol–water partition coefficient (Wildman–Crippen LogP) is 5.49. The first-order valence-corrected chi connectivity index (χ1v) is 11.9. The van der Waals surface area contributed by atoms with E-state index in [0.29, 0.717) is 60.8 Å². The minimum absolute atomic E-state index is 0.00415. The number of nitrogens with zero attached hydrogens (tertiary/aromatic N) is 5. The molecule has 8 heteroatoms. The van der Waals surface area contributed by atoms with E-state index in [1.165, 1.54) is 0 Å². The molecular formula is C25H33N5O3. The van der Waals surface area contributed by atoms with Crippen molar-refractivity contribution in [3.63, 3.8) is 0 Å². The third-order valence-electron chi connectivity index (χ3n) is 6.39. The molecule has 1 fully saturated rings. The average molecular weight is 452 g/mol. The number of oxazole rings is 2. The summed E-state index contributed by atoms with van der Waals surface area (Å²) in [5.41, 5.74) is 3.12. The van der Waals surface area contributed by atoms with Crippen LogP contribution in [0.25, 0.3) is 11.1 Å². The van der Waals surface area contributed by atoms with Crippen molar-refractivity contribution >= 4 is 34.6 Å². The average Bonchev–Trinajstić information content (AvgIpc) is 3.42. The molecule has 0 saturated carbocycles. The summed E-state index contributed by atoms with van der Waals surface area (Å²) < 4.78 is 11.8. The van der Waals surface area contributed by atoms with Gasteiger partial charge in [-0.15, -0.1) is 0 Å². The summed E-state index contributed by atoms with van der Waals surface area (Å²) in [5.74, 6) is 2.41. The number of anilines is 1. The van der Waals surface area contributed by atoms with Gasteiger partial charge in [0.25, 0.3) is 11.9 Å². The number of piperazine rings is 1. The fraction of sp³-hybridized carbons (Fsp3) is 0.520. The second kappa shape index (κ2) is 9.77. The molecule has 0 radical (unpaired) electrons. The van der Waals surface area contributed by atoms with E-state index in [-0.39, 0.29) is 5.91 Å². The smallest absolute Gasteiger partial charge is 0.299 e. The van der Waals surface area contributed by atoms with E-state index < -0.39 is 0 Å². The maximum atomic E-state index is 13.1. The highest BCUT2D eigenvalue weighted by molar-refractivity contribution is 5.97. The molecule has 176 valence electrons. The molecule has 2 aromatic heterocycles. The van der Waals surface area contributed by atoms with Crippen LogP contribution in [0, 0.1) is 6.92 Å². The number of aryl methyl sites for hydroxylation is 1. The predicted molar refractivity (Wildman–Crippen MR) is 130 cm³/mol. The first-order valence-electron chi connectivity index (χ1n) is 11.9. The third-order valence-corrected chi connectivity index (χ3v) is 6.39. The van der Waals surface area contributed by atoms with Gasteiger partial charge < -0.3 is 18.6 Å². The number of amides is 1. The van der Waals surface area contributed by atoms with E-state index in [1.807, 2.05) is 36.9 Å². The Hall–Kier alpha value is -3.16. The van der Waals surface area contributed by atoms with E-state index in [4.69, 9.17) is 8.83 Å². The largest absolute Gasteiger partial charge is 0.440 e. The van der Waals surface area contributed by atoms with E-state index in [0.717, 1.165) is 36.4 Å². The van der Waals surface area contributed by atoms with Crippen molar-refractivity contribution in [2.24, 2.45) is 4.99 Å². The zero-order valence-corrected chi connectivity index (χ0v) is 20.2. The molecule has 1 aliphatic rings. The van der Waals surface area contributed by atoms with E-state index >= 15 is 0 Å². The second-order valence-corrected chi connectivity index (χ2v) is 8.60. The Morgan fingerprint density at radius 2 is 1.82 bits per heavy atom. The molecule has 0 unspecified atom stereocenters. The Bertz CT molecular complexity index is 1150. The SMILES string of the molecule is CC/C(C)=N\c1nc(N2CCN(C(=O)c3ccc4nc(C(CC)CC)oc4c3)CC2)oc1C. The highest BCUT2D eigenvalue weighted by Crippen LogP contribution is 2.28. The van der Waals surface area contributed by atoms with Gasteiger partial charge in [-0.3, -0.25) is 4.79 Å². The van der Waals surface area contributed by atoms with Crippen molar-refractivity contribution in [3.8, 4) is 0 Å². The molecule has 8 nitrogen and oxygen atoms in total. The van der Waals surface area contributed by atoms with Crippen molar-refractivity contribution in [1.82, 2.24) is 14.9 Å². The molecule has 0 aliphatic carbocycles. The van der Waals surface area contributed by atoms with Gasteiger partial charge in [0.05, 0.1) is 0 Å². The number of fused-ring (bicyclic) bond motifs is 1. The van der Waals surface area contributed by atoms with Crippen LogP contribution < -0.4 is 4.90 Å². The normalized spacial score (nSPS) is 15.2. The fourth-order valence-electron chi connectivity index (χ4n) is 4.04. The van der Waals surface area contributed by atoms with Gasteiger partial charge in [0, 0.05) is 43.4 Å². The van der Waals surface area contributed by atoms with Gasteiger partial charge in [-0.2, -0.15) is 4.98 Å². The highest BCUT2D eigenvalue weighted by Gasteiger charge is 2.26. The standard InChI is InChI=1S/C25H33N5O3/c1-6-16(4)26-22-17(5)32-25(28-22)30-13-11-29(12-14-30)24(31)19-9-10-20-21(15-19)33-23(27-20)18(7-2)8-3/h9-10,15,18H,6-8,11-14H2,1-5H3/b26-16-. The molecule has 1 saturated heterocycles. The summed E-state index contributed by atoms with van der Waals surface area (Å²) in [5, 5.41) is 0. The van der Waals surface area contributed by atoms with Gasteiger partial charge in [0.2, 0.25) is 0 Å². The van der Waals surface area contributed by atoms with E-state index in [1.54, 1.807) is 0 Å². The molecule has 1 aliphatic heterocycles. The molecule has 1 aromatic carbocycles. The number of aliphatic imine (C=N–C) groups is 1. The van der Waals surface area contributed by atoms with E-state index in [9.17, 15) is 4.79 Å². The van der Waals surface area contributed by atoms with Crippen molar-refractivity contribution in [2.45, 2.75) is 59.8 Å². The Morgan fingerprint density at radius 3 is 2.48 bits per heavy atom. The van der Waals surface area contributed by atoms with Gasteiger partial charge in [0.1, 0.15) is 11.3 Å². The maximum absolute atomic E-state index is 13.1. The minimum Gasteiger partial charge on any atom is -0.440 e. The molecule has 0 atom stereocenters. The van der Waals surface area contributed by atoms with Crippen molar-refractivity contribution in [2.75, 3.05) is 31.1 Å². The molecule has 1 amide bonds. The molecule has 3 aromatic rings. The van der Waals surface area contributed by atoms with Crippen LogP contribution in [-0.4, -0.2) is 52.7 Å². The van der Waals surface area contributed by atoms with E-state index in [2.05, 4.69) is 40.6 Å². The number of carbonyl (C=O) groups is 1. The first kappa shape index (κ1) is 23.0. The Labute approximate surface area is 194 Å². The van der Waals surface area contributed by atoms with Crippen LogP contribution in [0.3, 0.4) is 0 Å². The summed E-state index contributed by atoms with van der Waals surface area (Å²) in [7, 11) is 0. The zero-order chi connectivity index (χ0) is 23.5. The van der Waals surface area contributed by atoms with Gasteiger partial charge in [-0.1, -0.05) is 20.8 Å². The molecule has 0 spiro atoms. The van der Waals surface area contributed by atoms with Crippen LogP contribution >= 0.6 is 0 Å². The number of rotatable bonds is 7. The van der Waals surface area contributed by atoms with Crippen LogP contribution in [-0.2, 0) is 0 Å². The van der Waals surface area contributed by atoms with Gasteiger partial charge in [-0.05, 0) is 51.3 Å². The Balaban J connectivity index is 1.43. The zero-order valence-electron chi connectivity index (χ0n) is 20.2. The Kier molecular flexibility index (Phi) is 6.81. The molecule has 0 N–H and O–H groups in total. The number of hydrogen-bond acceptors (Lipinski definition) is 7. The van der Waals surface area contributed by atoms with Crippen molar-refractivity contribution < 1.29 is 13.6 Å². The Morgan fingerprint density at radius 1 is 1.09 bits per heavy atom. The molecular weight excluding hydrogens is 418 g/mol. The third kappa shape index (κ3) is 4.79. The first-order chi connectivity index (χ1) is 15.9. The lowest BCUT2D eigenvalue weighted by atomic mass is 10.0. The number of carbonyl (C=O) groups excluding carboxylic acids is 1. The molecule has 3 heterocycles. The topological polar surface area (TPSA) is 88.0 Å². The highest BCUT2D eigenvalue weighted by atomic mass is 16.4. The van der Waals surface area contributed by atoms with Gasteiger partial charge in [-0.25, -0.2) is 9.98 Å². The van der Waals surface area contributed by atoms with Crippen LogP contribution in [0.1, 0.15) is 74.9 Å². The lowest BCUT2D eigenvalue weighted by Gasteiger charge is -2.33. The van der Waals surface area contributed by atoms with Crippen LogP contribution in [0.2, 0.25) is 0 Å². The van der Waals surface area contributed by atoms with Gasteiger partial charge >= 0.3 is 0 Å². The number of hydrogen-bond donors (Lipinski definition) is 0. The van der Waals surface area contributed by atoms with Crippen LogP contribution in [0.5, 0.6) is 0 Å². The second-order valence-electron chi connectivity index (χ2n) is 8.60. The summed E-state index contributed by atoms with van der Waals surface area (Å²) >= 11 is 0. The molecule has 33 heavy (non-hydrogen) atoms. The summed E-state index contributed by atoms with van der Waals surface area (Å²) in [6.45, 7) is 12.7. The lowest BCUT2D eigenvalue weighted by Crippen LogP contribution is -2.48. The minimum atomic E-state index is 0.00415. The number of aromatic nitrogens is 2. The molecule has 4 rings (SSSR count). The fourth-order valence-corrected chi connectivity index (χ4v) is 4.04. The monoisotopic (exact) mass is 451 g/mol.